The van der Waals surface area contributed by atoms with E-state index in [1.54, 1.807) is 6.07 Å². The quantitative estimate of drug-likeness (QED) is 0.521. The zero-order valence-corrected chi connectivity index (χ0v) is 15.1. The fourth-order valence-corrected chi connectivity index (χ4v) is 3.11. The highest BCUT2D eigenvalue weighted by atomic mass is 32.2. The SMILES string of the molecule is Cc1cc(N)nc(SC(C)C(=O)c2ccc(C(C)(C)C)cc2)n1. The van der Waals surface area contributed by atoms with Gasteiger partial charge in [-0.3, -0.25) is 4.79 Å². The Morgan fingerprint density at radius 3 is 2.30 bits per heavy atom. The summed E-state index contributed by atoms with van der Waals surface area (Å²) >= 11 is 1.33. The lowest BCUT2D eigenvalue weighted by Crippen LogP contribution is -2.16. The van der Waals surface area contributed by atoms with Crippen molar-refractivity contribution in [2.24, 2.45) is 0 Å². The van der Waals surface area contributed by atoms with Crippen LogP contribution in [0.25, 0.3) is 0 Å². The van der Waals surface area contributed by atoms with Gasteiger partial charge in [0.05, 0.1) is 5.25 Å². The molecule has 2 rings (SSSR count). The van der Waals surface area contributed by atoms with Gasteiger partial charge >= 0.3 is 0 Å². The smallest absolute Gasteiger partial charge is 0.190 e. The molecule has 4 nitrogen and oxygen atoms in total. The summed E-state index contributed by atoms with van der Waals surface area (Å²) < 4.78 is 0. The lowest BCUT2D eigenvalue weighted by atomic mass is 9.86. The van der Waals surface area contributed by atoms with Crippen LogP contribution in [0, 0.1) is 6.92 Å². The van der Waals surface area contributed by atoms with Gasteiger partial charge in [0.25, 0.3) is 0 Å². The Morgan fingerprint density at radius 2 is 1.78 bits per heavy atom. The molecule has 0 radical (unpaired) electrons. The van der Waals surface area contributed by atoms with Gasteiger partial charge in [-0.05, 0) is 24.8 Å². The Balaban J connectivity index is 2.13. The number of nitrogens with zero attached hydrogens (tertiary/aromatic N) is 2. The summed E-state index contributed by atoms with van der Waals surface area (Å²) in [6, 6.07) is 9.54. The van der Waals surface area contributed by atoms with Crippen molar-refractivity contribution in [2.75, 3.05) is 5.73 Å². The number of nitrogen functional groups attached to an aromatic ring is 1. The second-order valence-electron chi connectivity index (χ2n) is 6.67. The van der Waals surface area contributed by atoms with E-state index in [4.69, 9.17) is 5.73 Å². The Morgan fingerprint density at radius 1 is 1.17 bits per heavy atom. The molecule has 0 bridgehead atoms. The molecule has 1 aromatic carbocycles. The first-order valence-corrected chi connectivity index (χ1v) is 8.47. The molecule has 0 spiro atoms. The van der Waals surface area contributed by atoms with E-state index in [1.165, 1.54) is 17.3 Å². The molecule has 1 atom stereocenters. The summed E-state index contributed by atoms with van der Waals surface area (Å²) in [5, 5.41) is 0.270. The van der Waals surface area contributed by atoms with Gasteiger partial charge in [0.2, 0.25) is 0 Å². The molecule has 1 unspecified atom stereocenters. The number of nitrogens with two attached hydrogens (primary N) is 1. The molecule has 2 aromatic rings. The standard InChI is InChI=1S/C18H23N3OS/c1-11-10-15(19)21-17(20-11)23-12(2)16(22)13-6-8-14(9-7-13)18(3,4)5/h6-10,12H,1-5H3,(H2,19,20,21). The number of rotatable bonds is 4. The van der Waals surface area contributed by atoms with Crippen molar-refractivity contribution in [2.45, 2.75) is 50.4 Å². The average Bonchev–Trinajstić information content (AvgIpc) is 2.44. The largest absolute Gasteiger partial charge is 0.384 e. The molecule has 0 saturated heterocycles. The van der Waals surface area contributed by atoms with Gasteiger partial charge < -0.3 is 5.73 Å². The summed E-state index contributed by atoms with van der Waals surface area (Å²) in [7, 11) is 0. The van der Waals surface area contributed by atoms with E-state index in [0.29, 0.717) is 16.5 Å². The highest BCUT2D eigenvalue weighted by Gasteiger charge is 2.19. The molecule has 0 fully saturated rings. The highest BCUT2D eigenvalue weighted by Crippen LogP contribution is 2.26. The average molecular weight is 329 g/mol. The number of hydrogen-bond donors (Lipinski definition) is 1. The van der Waals surface area contributed by atoms with Crippen LogP contribution in [-0.4, -0.2) is 21.0 Å². The van der Waals surface area contributed by atoms with Gasteiger partial charge in [-0.1, -0.05) is 56.8 Å². The third kappa shape index (κ3) is 4.55. The van der Waals surface area contributed by atoms with Gasteiger partial charge in [-0.25, -0.2) is 9.97 Å². The first kappa shape index (κ1) is 17.5. The summed E-state index contributed by atoms with van der Waals surface area (Å²) in [4.78, 5) is 21.1. The first-order chi connectivity index (χ1) is 10.7. The molecular formula is C18H23N3OS. The van der Waals surface area contributed by atoms with Crippen molar-refractivity contribution in [1.29, 1.82) is 0 Å². The highest BCUT2D eigenvalue weighted by molar-refractivity contribution is 8.00. The van der Waals surface area contributed by atoms with Crippen molar-refractivity contribution < 1.29 is 4.79 Å². The number of hydrogen-bond acceptors (Lipinski definition) is 5. The maximum atomic E-state index is 12.6. The van der Waals surface area contributed by atoms with Gasteiger partial charge in [-0.2, -0.15) is 0 Å². The van der Waals surface area contributed by atoms with Gasteiger partial charge in [0.15, 0.2) is 10.9 Å². The van der Waals surface area contributed by atoms with Crippen LogP contribution >= 0.6 is 11.8 Å². The Hall–Kier alpha value is -1.88. The van der Waals surface area contributed by atoms with E-state index >= 15 is 0 Å². The second-order valence-corrected chi connectivity index (χ2v) is 7.98. The molecular weight excluding hydrogens is 306 g/mol. The minimum Gasteiger partial charge on any atom is -0.384 e. The van der Waals surface area contributed by atoms with Crippen molar-refractivity contribution in [3.8, 4) is 0 Å². The topological polar surface area (TPSA) is 68.9 Å². The van der Waals surface area contributed by atoms with Crippen LogP contribution < -0.4 is 5.73 Å². The summed E-state index contributed by atoms with van der Waals surface area (Å²) in [6.45, 7) is 10.2. The number of carbonyl (C=O) groups excluding carboxylic acids is 1. The van der Waals surface area contributed by atoms with Crippen LogP contribution in [0.4, 0.5) is 5.82 Å². The Labute approximate surface area is 141 Å². The maximum absolute atomic E-state index is 12.6. The van der Waals surface area contributed by atoms with Gasteiger partial charge in [-0.15, -0.1) is 0 Å². The summed E-state index contributed by atoms with van der Waals surface area (Å²) in [5.41, 5.74) is 8.53. The van der Waals surface area contributed by atoms with E-state index in [0.717, 1.165) is 5.69 Å². The summed E-state index contributed by atoms with van der Waals surface area (Å²) in [6.07, 6.45) is 0. The minimum absolute atomic E-state index is 0.0686. The van der Waals surface area contributed by atoms with Crippen LogP contribution in [0.3, 0.4) is 0 Å². The Bertz CT molecular complexity index is 685. The first-order valence-electron chi connectivity index (χ1n) is 7.59. The van der Waals surface area contributed by atoms with Crippen LogP contribution in [0.1, 0.15) is 49.3 Å². The zero-order chi connectivity index (χ0) is 17.2. The summed E-state index contributed by atoms with van der Waals surface area (Å²) in [5.74, 6) is 0.494. The van der Waals surface area contributed by atoms with Crippen molar-refractivity contribution >= 4 is 23.4 Å². The fraction of sp³-hybridized carbons (Fsp3) is 0.389. The van der Waals surface area contributed by atoms with Crippen molar-refractivity contribution in [1.82, 2.24) is 9.97 Å². The Kier molecular flexibility index (Phi) is 5.09. The molecule has 1 aromatic heterocycles. The second kappa shape index (κ2) is 6.71. The maximum Gasteiger partial charge on any atom is 0.190 e. The molecule has 0 amide bonds. The molecule has 23 heavy (non-hydrogen) atoms. The molecule has 5 heteroatoms. The third-order valence-electron chi connectivity index (χ3n) is 3.54. The number of Topliss-reactive ketones (excluding diaryl/α,β-unsaturated/α-hetero) is 1. The molecule has 1 heterocycles. The molecule has 0 aliphatic heterocycles. The van der Waals surface area contributed by atoms with E-state index in [9.17, 15) is 4.79 Å². The number of carbonyl (C=O) groups is 1. The van der Waals surface area contributed by atoms with Crippen LogP contribution in [0.2, 0.25) is 0 Å². The van der Waals surface area contributed by atoms with Crippen molar-refractivity contribution in [3.05, 3.63) is 47.2 Å². The molecule has 2 N–H and O–H groups in total. The zero-order valence-electron chi connectivity index (χ0n) is 14.3. The van der Waals surface area contributed by atoms with Crippen LogP contribution in [0.15, 0.2) is 35.5 Å². The number of benzene rings is 1. The van der Waals surface area contributed by atoms with Crippen molar-refractivity contribution in [3.63, 3.8) is 0 Å². The molecule has 0 aliphatic carbocycles. The number of anilines is 1. The van der Waals surface area contributed by atoms with E-state index in [1.807, 2.05) is 38.1 Å². The predicted octanol–water partition coefficient (Wildman–Crippen LogP) is 4.03. The van der Waals surface area contributed by atoms with Crippen LogP contribution in [-0.2, 0) is 5.41 Å². The van der Waals surface area contributed by atoms with Gasteiger partial charge in [0.1, 0.15) is 5.82 Å². The lowest BCUT2D eigenvalue weighted by molar-refractivity contribution is 0.0994. The van der Waals surface area contributed by atoms with E-state index in [2.05, 4.69) is 30.7 Å². The number of aromatic nitrogens is 2. The van der Waals surface area contributed by atoms with Gasteiger partial charge in [0, 0.05) is 17.3 Å². The monoisotopic (exact) mass is 329 g/mol. The van der Waals surface area contributed by atoms with E-state index in [-0.39, 0.29) is 16.4 Å². The number of ketones is 1. The van der Waals surface area contributed by atoms with E-state index < -0.39 is 0 Å². The molecule has 0 saturated carbocycles. The molecule has 0 aliphatic rings. The fourth-order valence-electron chi connectivity index (χ4n) is 2.20. The molecule has 122 valence electrons. The predicted molar refractivity (Wildman–Crippen MR) is 96.0 cm³/mol. The normalized spacial score (nSPS) is 12.9. The number of thioether (sulfide) groups is 1. The third-order valence-corrected chi connectivity index (χ3v) is 4.50. The lowest BCUT2D eigenvalue weighted by Gasteiger charge is -2.19. The minimum atomic E-state index is -0.267. The number of aryl methyl sites for hydroxylation is 1. The van der Waals surface area contributed by atoms with Crippen LogP contribution in [0.5, 0.6) is 0 Å².